The summed E-state index contributed by atoms with van der Waals surface area (Å²) in [6.45, 7) is 7.47. The van der Waals surface area contributed by atoms with Crippen molar-refractivity contribution in [3.8, 4) is 0 Å². The summed E-state index contributed by atoms with van der Waals surface area (Å²) in [6.07, 6.45) is 1.98. The topological polar surface area (TPSA) is 32.3 Å². The SMILES string of the molecule is CC(O)CCNC1CSCCC1(C)C. The molecular weight excluding hydrogens is 194 g/mol. The Hall–Kier alpha value is 0.270. The predicted octanol–water partition coefficient (Wildman–Crippen LogP) is 1.88. The van der Waals surface area contributed by atoms with Crippen molar-refractivity contribution in [1.29, 1.82) is 0 Å². The number of aliphatic hydroxyl groups is 1. The van der Waals surface area contributed by atoms with Gasteiger partial charge in [0.05, 0.1) is 6.10 Å². The molecule has 1 fully saturated rings. The Morgan fingerprint density at radius 3 is 2.86 bits per heavy atom. The van der Waals surface area contributed by atoms with Crippen LogP contribution >= 0.6 is 11.8 Å². The minimum absolute atomic E-state index is 0.179. The predicted molar refractivity (Wildman–Crippen MR) is 63.8 cm³/mol. The van der Waals surface area contributed by atoms with Crippen LogP contribution in [-0.4, -0.2) is 35.3 Å². The van der Waals surface area contributed by atoms with Crippen molar-refractivity contribution in [3.05, 3.63) is 0 Å². The average molecular weight is 217 g/mol. The number of hydrogen-bond donors (Lipinski definition) is 2. The van der Waals surface area contributed by atoms with Crippen LogP contribution < -0.4 is 5.32 Å². The molecule has 0 saturated carbocycles. The molecule has 0 aromatic rings. The molecule has 3 heteroatoms. The van der Waals surface area contributed by atoms with E-state index in [-0.39, 0.29) is 6.10 Å². The van der Waals surface area contributed by atoms with Gasteiger partial charge in [-0.1, -0.05) is 13.8 Å². The molecule has 14 heavy (non-hydrogen) atoms. The highest BCUT2D eigenvalue weighted by molar-refractivity contribution is 7.99. The van der Waals surface area contributed by atoms with Crippen molar-refractivity contribution < 1.29 is 5.11 Å². The molecule has 2 N–H and O–H groups in total. The Balaban J connectivity index is 2.27. The molecule has 1 aliphatic rings. The Labute approximate surface area is 91.9 Å². The monoisotopic (exact) mass is 217 g/mol. The standard InChI is InChI=1S/C11H23NOS/c1-9(13)4-6-12-10-8-14-7-5-11(10,2)3/h9-10,12-13H,4-8H2,1-3H3. The first-order chi connectivity index (χ1) is 6.52. The highest BCUT2D eigenvalue weighted by Gasteiger charge is 2.31. The number of thioether (sulfide) groups is 1. The zero-order chi connectivity index (χ0) is 10.6. The Bertz CT molecular complexity index is 171. The van der Waals surface area contributed by atoms with E-state index in [0.717, 1.165) is 13.0 Å². The smallest absolute Gasteiger partial charge is 0.0524 e. The largest absolute Gasteiger partial charge is 0.393 e. The van der Waals surface area contributed by atoms with Crippen molar-refractivity contribution in [2.75, 3.05) is 18.1 Å². The van der Waals surface area contributed by atoms with Gasteiger partial charge in [0.15, 0.2) is 0 Å². The Morgan fingerprint density at radius 2 is 2.29 bits per heavy atom. The van der Waals surface area contributed by atoms with Gasteiger partial charge in [-0.2, -0.15) is 11.8 Å². The van der Waals surface area contributed by atoms with Crippen molar-refractivity contribution >= 4 is 11.8 Å². The molecule has 1 rings (SSSR count). The molecule has 84 valence electrons. The maximum Gasteiger partial charge on any atom is 0.0524 e. The summed E-state index contributed by atoms with van der Waals surface area (Å²) in [6, 6.07) is 0.611. The highest BCUT2D eigenvalue weighted by atomic mass is 32.2. The maximum atomic E-state index is 9.17. The van der Waals surface area contributed by atoms with E-state index in [2.05, 4.69) is 19.2 Å². The van der Waals surface area contributed by atoms with E-state index in [4.69, 9.17) is 5.11 Å². The third kappa shape index (κ3) is 3.79. The van der Waals surface area contributed by atoms with Crippen LogP contribution in [0.2, 0.25) is 0 Å². The van der Waals surface area contributed by atoms with Crippen LogP contribution in [0.3, 0.4) is 0 Å². The van der Waals surface area contributed by atoms with Gasteiger partial charge in [-0.15, -0.1) is 0 Å². The molecule has 2 atom stereocenters. The van der Waals surface area contributed by atoms with Gasteiger partial charge < -0.3 is 10.4 Å². The molecule has 2 nitrogen and oxygen atoms in total. The lowest BCUT2D eigenvalue weighted by atomic mass is 9.82. The zero-order valence-electron chi connectivity index (χ0n) is 9.55. The van der Waals surface area contributed by atoms with E-state index in [0.29, 0.717) is 11.5 Å². The van der Waals surface area contributed by atoms with E-state index in [9.17, 15) is 0 Å². The summed E-state index contributed by atoms with van der Waals surface area (Å²) in [7, 11) is 0. The van der Waals surface area contributed by atoms with Crippen LogP contribution in [-0.2, 0) is 0 Å². The molecule has 1 aliphatic heterocycles. The summed E-state index contributed by atoms with van der Waals surface area (Å²) < 4.78 is 0. The molecule has 2 unspecified atom stereocenters. The quantitative estimate of drug-likeness (QED) is 0.754. The van der Waals surface area contributed by atoms with Gasteiger partial charge >= 0.3 is 0 Å². The lowest BCUT2D eigenvalue weighted by Gasteiger charge is -2.39. The van der Waals surface area contributed by atoms with Gasteiger partial charge in [0.2, 0.25) is 0 Å². The molecule has 0 spiro atoms. The second-order valence-electron chi connectivity index (χ2n) is 4.96. The first-order valence-corrected chi connectivity index (χ1v) is 6.67. The molecule has 0 bridgehead atoms. The first-order valence-electron chi connectivity index (χ1n) is 5.51. The molecule has 0 amide bonds. The summed E-state index contributed by atoms with van der Waals surface area (Å²) >= 11 is 2.04. The normalized spacial score (nSPS) is 28.7. The second kappa shape index (κ2) is 5.38. The fraction of sp³-hybridized carbons (Fsp3) is 1.00. The van der Waals surface area contributed by atoms with Crippen molar-refractivity contribution in [3.63, 3.8) is 0 Å². The molecule has 0 aromatic carbocycles. The average Bonchev–Trinajstić information content (AvgIpc) is 2.07. The van der Waals surface area contributed by atoms with Crippen LogP contribution in [0.5, 0.6) is 0 Å². The summed E-state index contributed by atoms with van der Waals surface area (Å²) in [5.74, 6) is 2.51. The third-order valence-corrected chi connectivity index (χ3v) is 4.13. The lowest BCUT2D eigenvalue weighted by Crippen LogP contribution is -2.47. The zero-order valence-corrected chi connectivity index (χ0v) is 10.4. The van der Waals surface area contributed by atoms with Crippen LogP contribution in [0, 0.1) is 5.41 Å². The van der Waals surface area contributed by atoms with Crippen LogP contribution in [0.15, 0.2) is 0 Å². The number of hydrogen-bond acceptors (Lipinski definition) is 3. The van der Waals surface area contributed by atoms with E-state index in [1.807, 2.05) is 18.7 Å². The lowest BCUT2D eigenvalue weighted by molar-refractivity contribution is 0.174. The molecule has 0 radical (unpaired) electrons. The van der Waals surface area contributed by atoms with Gasteiger partial charge in [0, 0.05) is 11.8 Å². The van der Waals surface area contributed by atoms with E-state index in [1.54, 1.807) is 0 Å². The number of aliphatic hydroxyl groups excluding tert-OH is 1. The number of rotatable bonds is 4. The third-order valence-electron chi connectivity index (χ3n) is 3.07. The van der Waals surface area contributed by atoms with E-state index < -0.39 is 0 Å². The minimum Gasteiger partial charge on any atom is -0.393 e. The molecule has 1 heterocycles. The van der Waals surface area contributed by atoms with Gasteiger partial charge in [-0.05, 0) is 37.5 Å². The van der Waals surface area contributed by atoms with Gasteiger partial charge in [0.25, 0.3) is 0 Å². The molecule has 0 aromatic heterocycles. The summed E-state index contributed by atoms with van der Waals surface area (Å²) in [4.78, 5) is 0. The van der Waals surface area contributed by atoms with Crippen LogP contribution in [0.25, 0.3) is 0 Å². The van der Waals surface area contributed by atoms with Crippen LogP contribution in [0.1, 0.15) is 33.6 Å². The van der Waals surface area contributed by atoms with Crippen molar-refractivity contribution in [2.24, 2.45) is 5.41 Å². The van der Waals surface area contributed by atoms with E-state index in [1.165, 1.54) is 17.9 Å². The number of nitrogens with one attached hydrogen (secondary N) is 1. The molecular formula is C11H23NOS. The fourth-order valence-corrected chi connectivity index (χ4v) is 3.38. The second-order valence-corrected chi connectivity index (χ2v) is 6.11. The van der Waals surface area contributed by atoms with Crippen LogP contribution in [0.4, 0.5) is 0 Å². The molecule has 1 saturated heterocycles. The Kier molecular flexibility index (Phi) is 4.74. The maximum absolute atomic E-state index is 9.17. The fourth-order valence-electron chi connectivity index (χ4n) is 1.74. The Morgan fingerprint density at radius 1 is 1.57 bits per heavy atom. The van der Waals surface area contributed by atoms with Gasteiger partial charge in [0.1, 0.15) is 0 Å². The van der Waals surface area contributed by atoms with E-state index >= 15 is 0 Å². The first kappa shape index (κ1) is 12.3. The summed E-state index contributed by atoms with van der Waals surface area (Å²) in [5, 5.41) is 12.7. The van der Waals surface area contributed by atoms with Crippen molar-refractivity contribution in [2.45, 2.75) is 45.8 Å². The summed E-state index contributed by atoms with van der Waals surface area (Å²) in [5.41, 5.74) is 0.421. The molecule has 0 aliphatic carbocycles. The highest BCUT2D eigenvalue weighted by Crippen LogP contribution is 2.33. The van der Waals surface area contributed by atoms with Gasteiger partial charge in [-0.3, -0.25) is 0 Å². The minimum atomic E-state index is -0.179. The van der Waals surface area contributed by atoms with Gasteiger partial charge in [-0.25, -0.2) is 0 Å². The van der Waals surface area contributed by atoms with Crippen molar-refractivity contribution in [1.82, 2.24) is 5.32 Å².